The van der Waals surface area contributed by atoms with Gasteiger partial charge in [0.05, 0.1) is 10.2 Å². The van der Waals surface area contributed by atoms with Gasteiger partial charge >= 0.3 is 0 Å². The second kappa shape index (κ2) is 5.94. The fraction of sp³-hybridized carbons (Fsp3) is 0.429. The lowest BCUT2D eigenvalue weighted by Gasteiger charge is -2.31. The van der Waals surface area contributed by atoms with E-state index in [-0.39, 0.29) is 23.1 Å². The van der Waals surface area contributed by atoms with E-state index < -0.39 is 10.0 Å². The summed E-state index contributed by atoms with van der Waals surface area (Å²) in [5.41, 5.74) is 6.02. The molecule has 1 fully saturated rings. The Morgan fingerprint density at radius 3 is 3.09 bits per heavy atom. The van der Waals surface area contributed by atoms with Crippen molar-refractivity contribution in [3.05, 3.63) is 23.7 Å². The van der Waals surface area contributed by atoms with Crippen molar-refractivity contribution in [1.82, 2.24) is 9.29 Å². The van der Waals surface area contributed by atoms with E-state index in [0.717, 1.165) is 23.1 Å². The number of carbonyl (C=O) groups excluding carboxylic acids is 1. The molecule has 1 aliphatic rings. The zero-order valence-electron chi connectivity index (χ0n) is 11.9. The monoisotopic (exact) mass is 339 g/mol. The molecule has 1 aliphatic heterocycles. The van der Waals surface area contributed by atoms with Crippen LogP contribution in [0.2, 0.25) is 0 Å². The highest BCUT2D eigenvalue weighted by atomic mass is 32.2. The Bertz CT molecular complexity index is 801. The maximum Gasteiger partial charge on any atom is 0.244 e. The van der Waals surface area contributed by atoms with Crippen molar-refractivity contribution in [3.8, 4) is 0 Å². The van der Waals surface area contributed by atoms with E-state index >= 15 is 0 Å². The largest absolute Gasteiger partial charge is 0.370 e. The standard InChI is InChI=1S/C14H17N3O3S2/c15-14(18)6-10-2-1-4-17(9-10)22(19,20)11-7-13-12(16-8-11)3-5-21-13/h3,5,7-8,10H,1-2,4,6,9H2,(H2,15,18). The highest BCUT2D eigenvalue weighted by Gasteiger charge is 2.31. The van der Waals surface area contributed by atoms with E-state index in [1.165, 1.54) is 21.8 Å². The second-order valence-electron chi connectivity index (χ2n) is 5.52. The molecule has 8 heteroatoms. The molecular formula is C14H17N3O3S2. The minimum absolute atomic E-state index is 0.000506. The van der Waals surface area contributed by atoms with Crippen LogP contribution >= 0.6 is 11.3 Å². The van der Waals surface area contributed by atoms with Crippen molar-refractivity contribution in [3.63, 3.8) is 0 Å². The van der Waals surface area contributed by atoms with Crippen LogP contribution in [0.1, 0.15) is 19.3 Å². The molecule has 3 rings (SSSR count). The van der Waals surface area contributed by atoms with Crippen molar-refractivity contribution >= 4 is 37.5 Å². The molecule has 1 atom stereocenters. The molecule has 6 nitrogen and oxygen atoms in total. The average molecular weight is 339 g/mol. The van der Waals surface area contributed by atoms with Gasteiger partial charge in [0.25, 0.3) is 0 Å². The van der Waals surface area contributed by atoms with Crippen LogP contribution in [-0.2, 0) is 14.8 Å². The van der Waals surface area contributed by atoms with Gasteiger partial charge < -0.3 is 5.73 Å². The molecule has 2 aromatic rings. The van der Waals surface area contributed by atoms with E-state index in [1.54, 1.807) is 6.07 Å². The summed E-state index contributed by atoms with van der Waals surface area (Å²) in [5, 5.41) is 1.89. The first-order valence-corrected chi connectivity index (χ1v) is 9.40. The molecule has 0 saturated carbocycles. The molecule has 0 aliphatic carbocycles. The Kier molecular flexibility index (Phi) is 4.16. The third-order valence-electron chi connectivity index (χ3n) is 3.89. The van der Waals surface area contributed by atoms with Crippen LogP contribution in [0.25, 0.3) is 10.2 Å². The van der Waals surface area contributed by atoms with Crippen LogP contribution in [0.15, 0.2) is 28.6 Å². The maximum atomic E-state index is 12.8. The molecule has 0 aromatic carbocycles. The summed E-state index contributed by atoms with van der Waals surface area (Å²) < 4.78 is 27.8. The van der Waals surface area contributed by atoms with Crippen molar-refractivity contribution in [2.75, 3.05) is 13.1 Å². The third kappa shape index (κ3) is 2.99. The smallest absolute Gasteiger partial charge is 0.244 e. The van der Waals surface area contributed by atoms with Gasteiger partial charge in [0.1, 0.15) is 4.90 Å². The highest BCUT2D eigenvalue weighted by molar-refractivity contribution is 7.89. The van der Waals surface area contributed by atoms with Crippen molar-refractivity contribution in [1.29, 1.82) is 0 Å². The number of hydrogen-bond donors (Lipinski definition) is 1. The predicted octanol–water partition coefficient (Wildman–Crippen LogP) is 1.57. The van der Waals surface area contributed by atoms with Gasteiger partial charge in [-0.25, -0.2) is 8.42 Å². The Balaban J connectivity index is 1.86. The minimum Gasteiger partial charge on any atom is -0.370 e. The summed E-state index contributed by atoms with van der Waals surface area (Å²) in [4.78, 5) is 15.5. The number of nitrogens with two attached hydrogens (primary N) is 1. The van der Waals surface area contributed by atoms with Crippen molar-refractivity contribution in [2.45, 2.75) is 24.2 Å². The fourth-order valence-electron chi connectivity index (χ4n) is 2.81. The lowest BCUT2D eigenvalue weighted by atomic mass is 9.96. The second-order valence-corrected chi connectivity index (χ2v) is 8.40. The molecule has 1 unspecified atom stereocenters. The van der Waals surface area contributed by atoms with Crippen LogP contribution in [0.5, 0.6) is 0 Å². The average Bonchev–Trinajstić information content (AvgIpc) is 2.94. The third-order valence-corrected chi connectivity index (χ3v) is 6.57. The molecule has 118 valence electrons. The Labute approximate surface area is 133 Å². The van der Waals surface area contributed by atoms with Crippen molar-refractivity contribution < 1.29 is 13.2 Å². The van der Waals surface area contributed by atoms with Gasteiger partial charge in [0, 0.05) is 25.7 Å². The molecule has 1 saturated heterocycles. The Morgan fingerprint density at radius 2 is 2.32 bits per heavy atom. The lowest BCUT2D eigenvalue weighted by molar-refractivity contribution is -0.119. The zero-order chi connectivity index (χ0) is 15.7. The SMILES string of the molecule is NC(=O)CC1CCCN(S(=O)(=O)c2cnc3ccsc3c2)C1. The van der Waals surface area contributed by atoms with Crippen LogP contribution in [0.4, 0.5) is 0 Å². The van der Waals surface area contributed by atoms with Gasteiger partial charge in [-0.1, -0.05) is 0 Å². The summed E-state index contributed by atoms with van der Waals surface area (Å²) >= 11 is 1.47. The summed E-state index contributed by atoms with van der Waals surface area (Å²) in [7, 11) is -3.57. The number of aromatic nitrogens is 1. The van der Waals surface area contributed by atoms with Crippen molar-refractivity contribution in [2.24, 2.45) is 11.7 Å². The van der Waals surface area contributed by atoms with Gasteiger partial charge in [-0.05, 0) is 36.3 Å². The van der Waals surface area contributed by atoms with E-state index in [1.807, 2.05) is 11.4 Å². The first-order valence-electron chi connectivity index (χ1n) is 7.08. The number of pyridine rings is 1. The summed E-state index contributed by atoms with van der Waals surface area (Å²) in [5.74, 6) is -0.384. The highest BCUT2D eigenvalue weighted by Crippen LogP contribution is 2.27. The maximum absolute atomic E-state index is 12.8. The number of sulfonamides is 1. The number of piperidine rings is 1. The molecule has 3 heterocycles. The Morgan fingerprint density at radius 1 is 1.50 bits per heavy atom. The van der Waals surface area contributed by atoms with Crippen LogP contribution in [0, 0.1) is 5.92 Å². The quantitative estimate of drug-likeness (QED) is 0.915. The Hall–Kier alpha value is -1.51. The topological polar surface area (TPSA) is 93.4 Å². The van der Waals surface area contributed by atoms with E-state index in [4.69, 9.17) is 5.73 Å². The molecule has 0 bridgehead atoms. The summed E-state index contributed by atoms with van der Waals surface area (Å²) in [6.45, 7) is 0.813. The molecule has 2 N–H and O–H groups in total. The van der Waals surface area contributed by atoms with Gasteiger partial charge in [-0.3, -0.25) is 9.78 Å². The molecular weight excluding hydrogens is 322 g/mol. The number of rotatable bonds is 4. The first-order chi connectivity index (χ1) is 10.5. The number of amides is 1. The van der Waals surface area contributed by atoms with E-state index in [0.29, 0.717) is 13.1 Å². The van der Waals surface area contributed by atoms with Crippen LogP contribution < -0.4 is 5.73 Å². The first kappa shape index (κ1) is 15.4. The van der Waals surface area contributed by atoms with Gasteiger partial charge in [0.2, 0.25) is 15.9 Å². The van der Waals surface area contributed by atoms with Gasteiger partial charge in [-0.2, -0.15) is 4.31 Å². The summed E-state index contributed by atoms with van der Waals surface area (Å²) in [6, 6.07) is 3.53. The molecule has 0 radical (unpaired) electrons. The number of thiophene rings is 1. The summed E-state index contributed by atoms with van der Waals surface area (Å²) in [6.07, 6.45) is 3.21. The molecule has 2 aromatic heterocycles. The molecule has 1 amide bonds. The number of fused-ring (bicyclic) bond motifs is 1. The number of carbonyl (C=O) groups is 1. The number of hydrogen-bond acceptors (Lipinski definition) is 5. The van der Waals surface area contributed by atoms with Crippen LogP contribution in [0.3, 0.4) is 0 Å². The van der Waals surface area contributed by atoms with E-state index in [9.17, 15) is 13.2 Å². The molecule has 22 heavy (non-hydrogen) atoms. The normalized spacial score (nSPS) is 20.3. The van der Waals surface area contributed by atoms with Gasteiger partial charge in [0.15, 0.2) is 0 Å². The minimum atomic E-state index is -3.57. The van der Waals surface area contributed by atoms with Gasteiger partial charge in [-0.15, -0.1) is 11.3 Å². The van der Waals surface area contributed by atoms with E-state index in [2.05, 4.69) is 4.98 Å². The fourth-order valence-corrected chi connectivity index (χ4v) is 5.20. The zero-order valence-corrected chi connectivity index (χ0v) is 13.6. The predicted molar refractivity (Wildman–Crippen MR) is 84.9 cm³/mol. The lowest BCUT2D eigenvalue weighted by Crippen LogP contribution is -2.40. The van der Waals surface area contributed by atoms with Crippen LogP contribution in [-0.4, -0.2) is 36.7 Å². The number of primary amides is 1. The number of nitrogens with zero attached hydrogens (tertiary/aromatic N) is 2. The molecule has 0 spiro atoms.